The molecule has 0 radical (unpaired) electrons. The average Bonchev–Trinajstić information content (AvgIpc) is 2.36. The van der Waals surface area contributed by atoms with E-state index in [-0.39, 0.29) is 5.78 Å². The highest BCUT2D eigenvalue weighted by atomic mass is 32.2. The molecule has 1 aliphatic rings. The van der Waals surface area contributed by atoms with Gasteiger partial charge in [-0.15, -0.1) is 0 Å². The second-order valence-electron chi connectivity index (χ2n) is 2.82. The van der Waals surface area contributed by atoms with Crippen LogP contribution >= 0.6 is 0 Å². The van der Waals surface area contributed by atoms with E-state index >= 15 is 0 Å². The van der Waals surface area contributed by atoms with Crippen LogP contribution in [0.1, 0.15) is 19.8 Å². The van der Waals surface area contributed by atoms with Crippen molar-refractivity contribution < 1.29 is 13.2 Å². The van der Waals surface area contributed by atoms with Gasteiger partial charge in [-0.1, -0.05) is 0 Å². The molecule has 0 aromatic heterocycles. The summed E-state index contributed by atoms with van der Waals surface area (Å²) in [7, 11) is -3.14. The van der Waals surface area contributed by atoms with Crippen molar-refractivity contribution in [3.05, 3.63) is 0 Å². The fraction of sp³-hybridized carbons (Fsp3) is 0.833. The van der Waals surface area contributed by atoms with Crippen LogP contribution in [0.25, 0.3) is 0 Å². The van der Waals surface area contributed by atoms with Gasteiger partial charge in [-0.3, -0.25) is 4.79 Å². The molecule has 3 nitrogen and oxygen atoms in total. The molecular weight excluding hydrogens is 152 g/mol. The van der Waals surface area contributed by atoms with Gasteiger partial charge in [0.2, 0.25) is 0 Å². The molecule has 0 spiro atoms. The van der Waals surface area contributed by atoms with Gasteiger partial charge in [0.1, 0.15) is 4.75 Å². The highest BCUT2D eigenvalue weighted by molar-refractivity contribution is 7.93. The molecule has 4 heteroatoms. The minimum atomic E-state index is -3.14. The molecule has 0 aliphatic heterocycles. The summed E-state index contributed by atoms with van der Waals surface area (Å²) in [6.45, 7) is 1.34. The average molecular weight is 162 g/mol. The molecule has 0 heterocycles. The Morgan fingerprint density at radius 2 is 1.80 bits per heavy atom. The number of rotatable bonds is 2. The second-order valence-corrected chi connectivity index (χ2v) is 5.15. The van der Waals surface area contributed by atoms with Crippen LogP contribution < -0.4 is 0 Å². The third-order valence-corrected chi connectivity index (χ3v) is 4.17. The summed E-state index contributed by atoms with van der Waals surface area (Å²) in [6, 6.07) is 0. The Labute approximate surface area is 60.3 Å². The minimum absolute atomic E-state index is 0.213. The second kappa shape index (κ2) is 1.81. The van der Waals surface area contributed by atoms with Crippen LogP contribution in [0.15, 0.2) is 0 Å². The molecule has 0 saturated heterocycles. The first kappa shape index (κ1) is 7.72. The summed E-state index contributed by atoms with van der Waals surface area (Å²) in [5.41, 5.74) is 0. The van der Waals surface area contributed by atoms with E-state index in [0.717, 1.165) is 6.26 Å². The number of ketones is 1. The van der Waals surface area contributed by atoms with Crippen molar-refractivity contribution in [1.82, 2.24) is 0 Å². The van der Waals surface area contributed by atoms with E-state index < -0.39 is 14.6 Å². The van der Waals surface area contributed by atoms with Crippen molar-refractivity contribution in [2.75, 3.05) is 6.26 Å². The van der Waals surface area contributed by atoms with Crippen LogP contribution in [0.4, 0.5) is 0 Å². The lowest BCUT2D eigenvalue weighted by Gasteiger charge is -2.06. The van der Waals surface area contributed by atoms with Crippen molar-refractivity contribution in [1.29, 1.82) is 0 Å². The summed E-state index contributed by atoms with van der Waals surface area (Å²) >= 11 is 0. The zero-order valence-corrected chi connectivity index (χ0v) is 6.86. The van der Waals surface area contributed by atoms with E-state index in [1.165, 1.54) is 6.92 Å². The zero-order valence-electron chi connectivity index (χ0n) is 6.05. The van der Waals surface area contributed by atoms with Crippen molar-refractivity contribution >= 4 is 15.6 Å². The van der Waals surface area contributed by atoms with E-state index in [4.69, 9.17) is 0 Å². The number of hydrogen-bond donors (Lipinski definition) is 0. The first-order valence-electron chi connectivity index (χ1n) is 3.11. The number of Topliss-reactive ketones (excluding diaryl/α,β-unsaturated/α-hetero) is 1. The molecule has 1 fully saturated rings. The van der Waals surface area contributed by atoms with Crippen LogP contribution in [0.2, 0.25) is 0 Å². The smallest absolute Gasteiger partial charge is 0.160 e. The fourth-order valence-electron chi connectivity index (χ4n) is 1.10. The van der Waals surface area contributed by atoms with E-state index in [1.54, 1.807) is 0 Å². The lowest BCUT2D eigenvalue weighted by Crippen LogP contribution is -2.29. The maximum atomic E-state index is 10.9. The molecule has 1 aliphatic carbocycles. The standard InChI is InChI=1S/C6H10O3S/c1-5(7)6(3-4-6)10(2,8)9/h3-4H2,1-2H3. The lowest BCUT2D eigenvalue weighted by atomic mass is 10.3. The quantitative estimate of drug-likeness (QED) is 0.581. The first-order valence-corrected chi connectivity index (χ1v) is 5.00. The number of carbonyl (C=O) groups is 1. The molecule has 58 valence electrons. The van der Waals surface area contributed by atoms with Crippen LogP contribution in [0, 0.1) is 0 Å². The lowest BCUT2D eigenvalue weighted by molar-refractivity contribution is -0.117. The molecule has 0 N–H and O–H groups in total. The van der Waals surface area contributed by atoms with Gasteiger partial charge in [0.15, 0.2) is 15.6 Å². The highest BCUT2D eigenvalue weighted by Gasteiger charge is 2.56. The molecular formula is C6H10O3S. The zero-order chi connectivity index (χ0) is 7.99. The van der Waals surface area contributed by atoms with Crippen molar-refractivity contribution in [2.24, 2.45) is 0 Å². The summed E-state index contributed by atoms with van der Waals surface area (Å²) in [5, 5.41) is 0. The van der Waals surface area contributed by atoms with Gasteiger partial charge in [-0.05, 0) is 19.8 Å². The summed E-state index contributed by atoms with van der Waals surface area (Å²) < 4.78 is 20.9. The third kappa shape index (κ3) is 0.868. The molecule has 10 heavy (non-hydrogen) atoms. The van der Waals surface area contributed by atoms with Crippen molar-refractivity contribution in [3.63, 3.8) is 0 Å². The van der Waals surface area contributed by atoms with Crippen LogP contribution in [-0.4, -0.2) is 25.2 Å². The topological polar surface area (TPSA) is 51.2 Å². The van der Waals surface area contributed by atoms with E-state index in [1.807, 2.05) is 0 Å². The number of hydrogen-bond acceptors (Lipinski definition) is 3. The van der Waals surface area contributed by atoms with Crippen molar-refractivity contribution in [2.45, 2.75) is 24.5 Å². The summed E-state index contributed by atoms with van der Waals surface area (Å²) in [5.74, 6) is -0.213. The van der Waals surface area contributed by atoms with E-state index in [9.17, 15) is 13.2 Å². The number of sulfone groups is 1. The van der Waals surface area contributed by atoms with Gasteiger partial charge in [0.05, 0.1) is 0 Å². The van der Waals surface area contributed by atoms with Gasteiger partial charge < -0.3 is 0 Å². The first-order chi connectivity index (χ1) is 4.40. The predicted octanol–water partition coefficient (Wildman–Crippen LogP) is 0.153. The molecule has 0 aromatic rings. The Balaban J connectivity index is 3.02. The minimum Gasteiger partial charge on any atom is -0.298 e. The Hall–Kier alpha value is -0.380. The Morgan fingerprint density at radius 3 is 1.80 bits per heavy atom. The Morgan fingerprint density at radius 1 is 1.40 bits per heavy atom. The van der Waals surface area contributed by atoms with Crippen LogP contribution in [-0.2, 0) is 14.6 Å². The normalized spacial score (nSPS) is 22.2. The fourth-order valence-corrected chi connectivity index (χ4v) is 2.46. The predicted molar refractivity (Wildman–Crippen MR) is 37.5 cm³/mol. The maximum absolute atomic E-state index is 10.9. The maximum Gasteiger partial charge on any atom is 0.160 e. The molecule has 1 saturated carbocycles. The monoisotopic (exact) mass is 162 g/mol. The van der Waals surface area contributed by atoms with Gasteiger partial charge in [-0.25, -0.2) is 8.42 Å². The Kier molecular flexibility index (Phi) is 1.40. The van der Waals surface area contributed by atoms with Gasteiger partial charge in [0, 0.05) is 6.26 Å². The molecule has 0 aromatic carbocycles. The molecule has 0 unspecified atom stereocenters. The largest absolute Gasteiger partial charge is 0.298 e. The van der Waals surface area contributed by atoms with Crippen molar-refractivity contribution in [3.8, 4) is 0 Å². The summed E-state index contributed by atoms with van der Waals surface area (Å²) in [6.07, 6.45) is 2.16. The molecule has 1 rings (SSSR count). The summed E-state index contributed by atoms with van der Waals surface area (Å²) in [4.78, 5) is 10.8. The molecule has 0 bridgehead atoms. The van der Waals surface area contributed by atoms with Crippen LogP contribution in [0.3, 0.4) is 0 Å². The highest BCUT2D eigenvalue weighted by Crippen LogP contribution is 2.43. The van der Waals surface area contributed by atoms with E-state index in [2.05, 4.69) is 0 Å². The Bertz CT molecular complexity index is 259. The number of carbonyl (C=O) groups excluding carboxylic acids is 1. The van der Waals surface area contributed by atoms with Gasteiger partial charge >= 0.3 is 0 Å². The van der Waals surface area contributed by atoms with Gasteiger partial charge in [0.25, 0.3) is 0 Å². The van der Waals surface area contributed by atoms with E-state index in [0.29, 0.717) is 12.8 Å². The molecule has 0 amide bonds. The van der Waals surface area contributed by atoms with Gasteiger partial charge in [-0.2, -0.15) is 0 Å². The SMILES string of the molecule is CC(=O)C1(S(C)(=O)=O)CC1. The third-order valence-electron chi connectivity index (χ3n) is 2.06. The molecule has 0 atom stereocenters. The van der Waals surface area contributed by atoms with Crippen LogP contribution in [0.5, 0.6) is 0 Å².